The minimum Gasteiger partial charge on any atom is -0.273 e. The topological polar surface area (TPSA) is 58.2 Å². The van der Waals surface area contributed by atoms with E-state index in [0.29, 0.717) is 17.4 Å². The average Bonchev–Trinajstić information content (AvgIpc) is 3.06. The maximum absolute atomic E-state index is 12.3. The van der Waals surface area contributed by atoms with Gasteiger partial charge in [-0.3, -0.25) is 20.4 Å². The molecule has 1 aromatic carbocycles. The summed E-state index contributed by atoms with van der Waals surface area (Å²) >= 11 is 0. The van der Waals surface area contributed by atoms with Crippen molar-refractivity contribution < 1.29 is 9.59 Å². The number of allylic oxidation sites excluding steroid dienone is 2. The maximum Gasteiger partial charge on any atom is 0.269 e. The summed E-state index contributed by atoms with van der Waals surface area (Å²) in [6.07, 6.45) is 6.24. The lowest BCUT2D eigenvalue weighted by Crippen LogP contribution is -2.49. The Bertz CT molecular complexity index is 567. The molecule has 0 heterocycles. The summed E-state index contributed by atoms with van der Waals surface area (Å²) in [5.41, 5.74) is 5.21. The van der Waals surface area contributed by atoms with Crippen molar-refractivity contribution in [1.29, 1.82) is 0 Å². The van der Waals surface area contributed by atoms with Gasteiger partial charge in [-0.1, -0.05) is 37.3 Å². The van der Waals surface area contributed by atoms with E-state index in [1.54, 1.807) is 24.3 Å². The van der Waals surface area contributed by atoms with Crippen molar-refractivity contribution in [3.05, 3.63) is 48.0 Å². The van der Waals surface area contributed by atoms with Gasteiger partial charge < -0.3 is 0 Å². The molecule has 2 aliphatic rings. The summed E-state index contributed by atoms with van der Waals surface area (Å²) in [6.45, 7) is 1.98. The van der Waals surface area contributed by atoms with Crippen LogP contribution >= 0.6 is 0 Å². The molecule has 4 heteroatoms. The number of amides is 2. The molecule has 1 fully saturated rings. The van der Waals surface area contributed by atoms with Gasteiger partial charge in [0.1, 0.15) is 0 Å². The monoisotopic (exact) mass is 270 g/mol. The van der Waals surface area contributed by atoms with Gasteiger partial charge in [0.05, 0.1) is 5.41 Å². The quantitative estimate of drug-likeness (QED) is 0.638. The van der Waals surface area contributed by atoms with Crippen LogP contribution < -0.4 is 10.9 Å². The highest BCUT2D eigenvalue weighted by Crippen LogP contribution is 2.51. The minimum absolute atomic E-state index is 0.0985. The maximum atomic E-state index is 12.3. The zero-order valence-corrected chi connectivity index (χ0v) is 11.4. The fourth-order valence-electron chi connectivity index (χ4n) is 3.27. The Labute approximate surface area is 118 Å². The third-order valence-corrected chi connectivity index (χ3v) is 4.52. The fourth-order valence-corrected chi connectivity index (χ4v) is 3.27. The van der Waals surface area contributed by atoms with Gasteiger partial charge in [-0.25, -0.2) is 0 Å². The van der Waals surface area contributed by atoms with E-state index in [-0.39, 0.29) is 11.8 Å². The number of hydrogen-bond acceptors (Lipinski definition) is 2. The van der Waals surface area contributed by atoms with Crippen LogP contribution in [-0.2, 0) is 4.79 Å². The van der Waals surface area contributed by atoms with Gasteiger partial charge in [0, 0.05) is 5.56 Å². The molecule has 0 aromatic heterocycles. The molecule has 2 aliphatic carbocycles. The SMILES string of the molecule is C[C@@]1(C(=O)NNC(=O)c2ccccc2)C[C@@H]2C=C[C@H]1C2. The van der Waals surface area contributed by atoms with Crippen LogP contribution in [0.1, 0.15) is 30.1 Å². The van der Waals surface area contributed by atoms with Crippen LogP contribution in [0, 0.1) is 17.3 Å². The molecule has 4 nitrogen and oxygen atoms in total. The largest absolute Gasteiger partial charge is 0.273 e. The Kier molecular flexibility index (Phi) is 3.08. The molecule has 1 aromatic rings. The van der Waals surface area contributed by atoms with Crippen molar-refractivity contribution in [3.8, 4) is 0 Å². The molecule has 0 saturated heterocycles. The van der Waals surface area contributed by atoms with Gasteiger partial charge in [0.2, 0.25) is 5.91 Å². The molecule has 20 heavy (non-hydrogen) atoms. The number of hydrazine groups is 1. The van der Waals surface area contributed by atoms with Crippen LogP contribution in [-0.4, -0.2) is 11.8 Å². The van der Waals surface area contributed by atoms with Gasteiger partial charge in [0.15, 0.2) is 0 Å². The van der Waals surface area contributed by atoms with Gasteiger partial charge in [0.25, 0.3) is 5.91 Å². The van der Waals surface area contributed by atoms with Crippen LogP contribution in [0.25, 0.3) is 0 Å². The molecule has 0 unspecified atom stereocenters. The van der Waals surface area contributed by atoms with E-state index < -0.39 is 5.41 Å². The Morgan fingerprint density at radius 2 is 1.90 bits per heavy atom. The third-order valence-electron chi connectivity index (χ3n) is 4.52. The molecule has 2 amide bonds. The number of carbonyl (C=O) groups excluding carboxylic acids is 2. The summed E-state index contributed by atoms with van der Waals surface area (Å²) in [5, 5.41) is 0. The molecule has 0 aliphatic heterocycles. The zero-order chi connectivity index (χ0) is 14.2. The molecule has 0 spiro atoms. The highest BCUT2D eigenvalue weighted by atomic mass is 16.2. The van der Waals surface area contributed by atoms with Crippen molar-refractivity contribution in [3.63, 3.8) is 0 Å². The minimum atomic E-state index is -0.399. The van der Waals surface area contributed by atoms with Crippen LogP contribution in [0.15, 0.2) is 42.5 Å². The van der Waals surface area contributed by atoms with Crippen molar-refractivity contribution in [2.75, 3.05) is 0 Å². The van der Waals surface area contributed by atoms with E-state index in [9.17, 15) is 9.59 Å². The molecule has 104 valence electrons. The Hall–Kier alpha value is -2.10. The number of rotatable bonds is 2. The van der Waals surface area contributed by atoms with E-state index in [1.807, 2.05) is 13.0 Å². The number of carbonyl (C=O) groups is 2. The predicted molar refractivity (Wildman–Crippen MR) is 75.5 cm³/mol. The average molecular weight is 270 g/mol. The zero-order valence-electron chi connectivity index (χ0n) is 11.4. The second-order valence-electron chi connectivity index (χ2n) is 5.88. The van der Waals surface area contributed by atoms with Crippen LogP contribution in [0.5, 0.6) is 0 Å². The molecule has 2 bridgehead atoms. The van der Waals surface area contributed by atoms with Crippen LogP contribution in [0.3, 0.4) is 0 Å². The standard InChI is InChI=1S/C16H18N2O2/c1-16(10-11-7-8-13(16)9-11)15(20)18-17-14(19)12-5-3-2-4-6-12/h2-8,11,13H,9-10H2,1H3,(H,17,19)(H,18,20)/t11-,13+,16-/m1/s1. The first-order chi connectivity index (χ1) is 9.59. The highest BCUT2D eigenvalue weighted by molar-refractivity contribution is 5.96. The molecule has 3 rings (SSSR count). The lowest BCUT2D eigenvalue weighted by Gasteiger charge is -2.29. The highest BCUT2D eigenvalue weighted by Gasteiger charge is 2.49. The number of nitrogens with one attached hydrogen (secondary N) is 2. The van der Waals surface area contributed by atoms with E-state index in [1.165, 1.54) is 0 Å². The fraction of sp³-hybridized carbons (Fsp3) is 0.375. The summed E-state index contributed by atoms with van der Waals surface area (Å²) in [4.78, 5) is 24.2. The predicted octanol–water partition coefficient (Wildman–Crippen LogP) is 2.05. The summed E-state index contributed by atoms with van der Waals surface area (Å²) in [7, 11) is 0. The molecule has 3 atom stereocenters. The van der Waals surface area contributed by atoms with Gasteiger partial charge >= 0.3 is 0 Å². The van der Waals surface area contributed by atoms with Crippen molar-refractivity contribution in [2.45, 2.75) is 19.8 Å². The number of fused-ring (bicyclic) bond motifs is 2. The van der Waals surface area contributed by atoms with E-state index in [4.69, 9.17) is 0 Å². The first kappa shape index (κ1) is 12.9. The van der Waals surface area contributed by atoms with Crippen molar-refractivity contribution in [2.24, 2.45) is 17.3 Å². The summed E-state index contributed by atoms with van der Waals surface area (Å²) in [6, 6.07) is 8.85. The first-order valence-corrected chi connectivity index (χ1v) is 6.94. The molecular formula is C16H18N2O2. The Balaban J connectivity index is 1.60. The van der Waals surface area contributed by atoms with Gasteiger partial charge in [-0.2, -0.15) is 0 Å². The summed E-state index contributed by atoms with van der Waals surface area (Å²) in [5.74, 6) is 0.418. The van der Waals surface area contributed by atoms with E-state index in [0.717, 1.165) is 12.8 Å². The lowest BCUT2D eigenvalue weighted by atomic mass is 9.77. The molecular weight excluding hydrogens is 252 g/mol. The number of benzene rings is 1. The summed E-state index contributed by atoms with van der Waals surface area (Å²) < 4.78 is 0. The molecule has 1 saturated carbocycles. The van der Waals surface area contributed by atoms with Crippen LogP contribution in [0.4, 0.5) is 0 Å². The second-order valence-corrected chi connectivity index (χ2v) is 5.88. The van der Waals surface area contributed by atoms with E-state index >= 15 is 0 Å². The van der Waals surface area contributed by atoms with Crippen molar-refractivity contribution in [1.82, 2.24) is 10.9 Å². The lowest BCUT2D eigenvalue weighted by molar-refractivity contribution is -0.132. The number of hydrogen-bond donors (Lipinski definition) is 2. The Morgan fingerprint density at radius 3 is 2.50 bits per heavy atom. The van der Waals surface area contributed by atoms with Crippen LogP contribution in [0.2, 0.25) is 0 Å². The van der Waals surface area contributed by atoms with Crippen molar-refractivity contribution >= 4 is 11.8 Å². The van der Waals surface area contributed by atoms with Gasteiger partial charge in [-0.15, -0.1) is 0 Å². The molecule has 2 N–H and O–H groups in total. The molecule has 0 radical (unpaired) electrons. The Morgan fingerprint density at radius 1 is 1.15 bits per heavy atom. The second kappa shape index (κ2) is 4.78. The normalized spacial score (nSPS) is 30.2. The smallest absolute Gasteiger partial charge is 0.269 e. The van der Waals surface area contributed by atoms with E-state index in [2.05, 4.69) is 23.0 Å². The third kappa shape index (κ3) is 2.11. The van der Waals surface area contributed by atoms with Gasteiger partial charge in [-0.05, 0) is 36.8 Å². The first-order valence-electron chi connectivity index (χ1n) is 6.94.